The molecule has 0 radical (unpaired) electrons. The molecule has 0 bridgehead atoms. The lowest BCUT2D eigenvalue weighted by atomic mass is 10.1. The van der Waals surface area contributed by atoms with Crippen LogP contribution in [-0.2, 0) is 6.54 Å². The minimum absolute atomic E-state index is 0.192. The van der Waals surface area contributed by atoms with E-state index in [0.29, 0.717) is 21.3 Å². The van der Waals surface area contributed by atoms with Crippen molar-refractivity contribution < 1.29 is 10.2 Å². The van der Waals surface area contributed by atoms with Gasteiger partial charge in [0.25, 0.3) is 0 Å². The lowest BCUT2D eigenvalue weighted by molar-refractivity contribution is 0.155. The van der Waals surface area contributed by atoms with E-state index in [2.05, 4.69) is 0 Å². The molecule has 0 aliphatic heterocycles. The van der Waals surface area contributed by atoms with Gasteiger partial charge in [-0.15, -0.1) is 0 Å². The van der Waals surface area contributed by atoms with E-state index in [-0.39, 0.29) is 12.3 Å². The van der Waals surface area contributed by atoms with Gasteiger partial charge in [0.2, 0.25) is 5.43 Å². The fourth-order valence-corrected chi connectivity index (χ4v) is 2.18. The average Bonchev–Trinajstić information content (AvgIpc) is 2.42. The van der Waals surface area contributed by atoms with Crippen molar-refractivity contribution in [3.63, 3.8) is 0 Å². The zero-order valence-corrected chi connectivity index (χ0v) is 12.2. The second kappa shape index (κ2) is 5.87. The number of hydrogen-bond donors (Lipinski definition) is 2. The molecule has 106 valence electrons. The van der Waals surface area contributed by atoms with Crippen LogP contribution in [0.25, 0.3) is 0 Å². The summed E-state index contributed by atoms with van der Waals surface area (Å²) < 4.78 is 1.60. The molecule has 0 saturated carbocycles. The van der Waals surface area contributed by atoms with Crippen LogP contribution in [-0.4, -0.2) is 14.8 Å². The Morgan fingerprint density at radius 1 is 1.25 bits per heavy atom. The molecule has 20 heavy (non-hydrogen) atoms. The van der Waals surface area contributed by atoms with Crippen molar-refractivity contribution in [3.05, 3.63) is 62.0 Å². The number of aliphatic hydroxyl groups is 1. The Morgan fingerprint density at radius 2 is 1.95 bits per heavy atom. The summed E-state index contributed by atoms with van der Waals surface area (Å²) >= 11 is 11.7. The summed E-state index contributed by atoms with van der Waals surface area (Å²) in [6.07, 6.45) is 0.698. The van der Waals surface area contributed by atoms with Gasteiger partial charge < -0.3 is 14.8 Å². The van der Waals surface area contributed by atoms with E-state index in [4.69, 9.17) is 23.2 Å². The Kier molecular flexibility index (Phi) is 4.38. The molecule has 1 atom stereocenters. The van der Waals surface area contributed by atoms with Crippen molar-refractivity contribution in [2.45, 2.75) is 19.6 Å². The Balaban J connectivity index is 2.27. The topological polar surface area (TPSA) is 62.5 Å². The van der Waals surface area contributed by atoms with Gasteiger partial charge in [0.15, 0.2) is 5.75 Å². The highest BCUT2D eigenvalue weighted by Crippen LogP contribution is 2.26. The summed E-state index contributed by atoms with van der Waals surface area (Å²) in [6.45, 7) is 1.80. The van der Waals surface area contributed by atoms with E-state index >= 15 is 0 Å². The number of halogens is 2. The zero-order chi connectivity index (χ0) is 14.9. The van der Waals surface area contributed by atoms with Crippen LogP contribution in [0.5, 0.6) is 5.75 Å². The van der Waals surface area contributed by atoms with Gasteiger partial charge >= 0.3 is 0 Å². The minimum Gasteiger partial charge on any atom is -0.503 e. The molecule has 1 heterocycles. The molecule has 0 aliphatic carbocycles. The van der Waals surface area contributed by atoms with Crippen LogP contribution in [0.1, 0.15) is 17.4 Å². The summed E-state index contributed by atoms with van der Waals surface area (Å²) in [6, 6.07) is 6.13. The highest BCUT2D eigenvalue weighted by molar-refractivity contribution is 6.42. The van der Waals surface area contributed by atoms with E-state index in [9.17, 15) is 15.0 Å². The van der Waals surface area contributed by atoms with Gasteiger partial charge in [0, 0.05) is 12.3 Å². The summed E-state index contributed by atoms with van der Waals surface area (Å²) in [7, 11) is 0. The second-order valence-corrected chi connectivity index (χ2v) is 5.27. The number of aromatic nitrogens is 1. The third-order valence-corrected chi connectivity index (χ3v) is 3.85. The first-order valence-electron chi connectivity index (χ1n) is 5.92. The number of rotatable bonds is 3. The molecule has 0 aliphatic rings. The molecule has 0 fully saturated rings. The molecule has 0 saturated heterocycles. The monoisotopic (exact) mass is 313 g/mol. The van der Waals surface area contributed by atoms with Crippen LogP contribution in [0.4, 0.5) is 0 Å². The predicted molar refractivity (Wildman–Crippen MR) is 78.5 cm³/mol. The fourth-order valence-electron chi connectivity index (χ4n) is 1.87. The fraction of sp³-hybridized carbons (Fsp3) is 0.214. The molecule has 1 aromatic heterocycles. The van der Waals surface area contributed by atoms with Gasteiger partial charge in [-0.1, -0.05) is 29.3 Å². The smallest absolute Gasteiger partial charge is 0.223 e. The van der Waals surface area contributed by atoms with Gasteiger partial charge in [0.05, 0.1) is 28.4 Å². The summed E-state index contributed by atoms with van der Waals surface area (Å²) in [5, 5.41) is 20.6. The van der Waals surface area contributed by atoms with Gasteiger partial charge in [-0.25, -0.2) is 0 Å². The molecule has 0 spiro atoms. The SMILES string of the molecule is Cc1c(O)c(=O)ccn1C[C@H](O)c1ccc(Cl)c(Cl)c1. The minimum atomic E-state index is -0.828. The van der Waals surface area contributed by atoms with Crippen molar-refractivity contribution in [2.24, 2.45) is 0 Å². The highest BCUT2D eigenvalue weighted by atomic mass is 35.5. The first-order valence-corrected chi connectivity index (χ1v) is 6.67. The van der Waals surface area contributed by atoms with E-state index in [1.54, 1.807) is 29.7 Å². The Morgan fingerprint density at radius 3 is 2.60 bits per heavy atom. The van der Waals surface area contributed by atoms with Gasteiger partial charge in [-0.3, -0.25) is 4.79 Å². The van der Waals surface area contributed by atoms with E-state index in [1.165, 1.54) is 12.3 Å². The molecule has 6 heteroatoms. The van der Waals surface area contributed by atoms with Crippen molar-refractivity contribution in [1.82, 2.24) is 4.57 Å². The average molecular weight is 314 g/mol. The molecule has 4 nitrogen and oxygen atoms in total. The maximum atomic E-state index is 11.3. The van der Waals surface area contributed by atoms with Crippen LogP contribution in [0.3, 0.4) is 0 Å². The van der Waals surface area contributed by atoms with Gasteiger partial charge in [0.1, 0.15) is 0 Å². The van der Waals surface area contributed by atoms with Crippen LogP contribution in [0.2, 0.25) is 10.0 Å². The van der Waals surface area contributed by atoms with E-state index < -0.39 is 11.5 Å². The molecule has 1 aromatic carbocycles. The number of pyridine rings is 1. The predicted octanol–water partition coefficient (Wildman–Crippen LogP) is 2.90. The number of hydrogen-bond acceptors (Lipinski definition) is 3. The molecule has 0 unspecified atom stereocenters. The number of nitrogens with zero attached hydrogens (tertiary/aromatic N) is 1. The maximum absolute atomic E-state index is 11.3. The van der Waals surface area contributed by atoms with Crippen molar-refractivity contribution >= 4 is 23.2 Å². The van der Waals surface area contributed by atoms with Crippen molar-refractivity contribution in [2.75, 3.05) is 0 Å². The van der Waals surface area contributed by atoms with Crippen LogP contribution in [0, 0.1) is 6.92 Å². The zero-order valence-electron chi connectivity index (χ0n) is 10.7. The second-order valence-electron chi connectivity index (χ2n) is 4.46. The van der Waals surface area contributed by atoms with Gasteiger partial charge in [-0.05, 0) is 24.6 Å². The first-order chi connectivity index (χ1) is 9.40. The lowest BCUT2D eigenvalue weighted by Gasteiger charge is -2.17. The quantitative estimate of drug-likeness (QED) is 0.916. The molecule has 0 amide bonds. The van der Waals surface area contributed by atoms with Crippen molar-refractivity contribution in [1.29, 1.82) is 0 Å². The summed E-state index contributed by atoms with van der Waals surface area (Å²) in [5.74, 6) is -0.311. The number of benzene rings is 1. The normalized spacial score (nSPS) is 12.4. The van der Waals surface area contributed by atoms with E-state index in [1.807, 2.05) is 0 Å². The Bertz CT molecular complexity index is 697. The standard InChI is InChI=1S/C14H13Cl2NO3/c1-8-14(20)12(18)4-5-17(8)7-13(19)9-2-3-10(15)11(16)6-9/h2-6,13,19-20H,7H2,1H3/t13-/m0/s1. The summed E-state index contributed by atoms with van der Waals surface area (Å²) in [4.78, 5) is 11.3. The van der Waals surface area contributed by atoms with Crippen LogP contribution in [0.15, 0.2) is 35.3 Å². The van der Waals surface area contributed by atoms with Crippen LogP contribution >= 0.6 is 23.2 Å². The Hall–Kier alpha value is -1.49. The molecule has 2 N–H and O–H groups in total. The number of aromatic hydroxyl groups is 1. The molecule has 2 aromatic rings. The van der Waals surface area contributed by atoms with E-state index in [0.717, 1.165) is 0 Å². The molecule has 2 rings (SSSR count). The largest absolute Gasteiger partial charge is 0.503 e. The Labute approximate surface area is 125 Å². The molecular weight excluding hydrogens is 301 g/mol. The maximum Gasteiger partial charge on any atom is 0.223 e. The third kappa shape index (κ3) is 2.98. The first kappa shape index (κ1) is 14.9. The lowest BCUT2D eigenvalue weighted by Crippen LogP contribution is -2.14. The van der Waals surface area contributed by atoms with Gasteiger partial charge in [-0.2, -0.15) is 0 Å². The third-order valence-electron chi connectivity index (χ3n) is 3.11. The van der Waals surface area contributed by atoms with Crippen LogP contribution < -0.4 is 5.43 Å². The van der Waals surface area contributed by atoms with Crippen molar-refractivity contribution in [3.8, 4) is 5.75 Å². The number of aliphatic hydroxyl groups excluding tert-OH is 1. The summed E-state index contributed by atoms with van der Waals surface area (Å²) in [5.41, 5.74) is 0.566. The molecular formula is C14H13Cl2NO3. The highest BCUT2D eigenvalue weighted by Gasteiger charge is 2.13.